The number of rotatable bonds is 10. The fourth-order valence-corrected chi connectivity index (χ4v) is 11.4. The van der Waals surface area contributed by atoms with Crippen LogP contribution in [-0.4, -0.2) is 147 Å². The monoisotopic (exact) mass is 1040 g/mol. The van der Waals surface area contributed by atoms with Gasteiger partial charge in [-0.2, -0.15) is 13.2 Å². The number of nitrogens with zero attached hydrogens (tertiary/aromatic N) is 7. The number of halogens is 3. The van der Waals surface area contributed by atoms with Crippen LogP contribution in [0.1, 0.15) is 97.2 Å². The fraction of sp³-hybridized carbons (Fsp3) is 0.574. The van der Waals surface area contributed by atoms with E-state index in [1.165, 1.54) is 32.9 Å². The van der Waals surface area contributed by atoms with Crippen molar-refractivity contribution in [2.45, 2.75) is 129 Å². The van der Waals surface area contributed by atoms with Crippen LogP contribution in [0.3, 0.4) is 0 Å². The van der Waals surface area contributed by atoms with Crippen molar-refractivity contribution in [2.24, 2.45) is 17.3 Å². The first-order chi connectivity index (χ1) is 34.9. The molecule has 4 aliphatic heterocycles. The summed E-state index contributed by atoms with van der Waals surface area (Å²) in [6, 6.07) is 5.51. The maximum Gasteiger partial charge on any atom is 0.406 e. The lowest BCUT2D eigenvalue weighted by molar-refractivity contribution is -0.155. The molecule has 1 aromatic carbocycles. The molecule has 4 aliphatic rings. The largest absolute Gasteiger partial charge is 0.464 e. The molecule has 0 radical (unpaired) electrons. The molecule has 8 rings (SSSR count). The first kappa shape index (κ1) is 54.4. The normalized spacial score (nSPS) is 21.6. The van der Waals surface area contributed by atoms with Crippen LogP contribution in [0.2, 0.25) is 0 Å². The number of ether oxygens (including phenoxy) is 2. The Kier molecular flexibility index (Phi) is 16.0. The highest BCUT2D eigenvalue weighted by molar-refractivity contribution is 7.13. The summed E-state index contributed by atoms with van der Waals surface area (Å²) in [6.07, 6.45) is -1.15. The van der Waals surface area contributed by atoms with E-state index in [-0.39, 0.29) is 44.4 Å². The summed E-state index contributed by atoms with van der Waals surface area (Å²) in [4.78, 5) is 85.4. The van der Waals surface area contributed by atoms with Gasteiger partial charge in [-0.05, 0) is 101 Å². The number of carbonyl (C=O) groups is 5. The highest BCUT2D eigenvalue weighted by atomic mass is 32.1. The molecule has 2 N–H and O–H groups in total. The van der Waals surface area contributed by atoms with E-state index >= 15 is 0 Å². The number of esters is 1. The van der Waals surface area contributed by atoms with Gasteiger partial charge in [0.1, 0.15) is 29.7 Å². The number of carbonyl (C=O) groups excluding carboxylic acids is 5. The van der Waals surface area contributed by atoms with Gasteiger partial charge in [0.15, 0.2) is 0 Å². The molecule has 7 heterocycles. The lowest BCUT2D eigenvalue weighted by Crippen LogP contribution is -2.62. The van der Waals surface area contributed by atoms with Crippen LogP contribution in [0.5, 0.6) is 0 Å². The molecule has 3 fully saturated rings. The number of thiazole rings is 1. The number of aromatic nitrogens is 3. The van der Waals surface area contributed by atoms with E-state index in [0.717, 1.165) is 19.5 Å². The predicted octanol–water partition coefficient (Wildman–Crippen LogP) is 6.56. The zero-order chi connectivity index (χ0) is 53.4. The maximum absolute atomic E-state index is 14.7. The Morgan fingerprint density at radius 2 is 1.82 bits per heavy atom. The van der Waals surface area contributed by atoms with Gasteiger partial charge < -0.3 is 29.2 Å². The van der Waals surface area contributed by atoms with Crippen LogP contribution >= 0.6 is 11.3 Å². The van der Waals surface area contributed by atoms with E-state index in [1.54, 1.807) is 54.7 Å². The number of amides is 4. The third-order valence-corrected chi connectivity index (χ3v) is 15.7. The lowest BCUT2D eigenvalue weighted by Gasteiger charge is -2.41. The molecule has 4 amide bonds. The van der Waals surface area contributed by atoms with Crippen molar-refractivity contribution in [1.29, 1.82) is 0 Å². The van der Waals surface area contributed by atoms with Gasteiger partial charge in [-0.25, -0.2) is 10.4 Å². The number of fused-ring (bicyclic) bond motifs is 6. The molecule has 1 unspecified atom stereocenters. The highest BCUT2D eigenvalue weighted by Crippen LogP contribution is 2.43. The minimum Gasteiger partial charge on any atom is -0.464 e. The molecule has 6 bridgehead atoms. The molecule has 16 nitrogen and oxygen atoms in total. The molecular weight excluding hydrogens is 976 g/mol. The van der Waals surface area contributed by atoms with E-state index in [2.05, 4.69) is 32.5 Å². The van der Waals surface area contributed by atoms with Crippen LogP contribution in [-0.2, 0) is 52.8 Å². The van der Waals surface area contributed by atoms with Gasteiger partial charge in [0, 0.05) is 92.3 Å². The molecule has 0 spiro atoms. The number of hydrogen-bond acceptors (Lipinski definition) is 12. The number of likely N-dealkylation sites (N-methyl/N-ethyl adjacent to an activating group) is 1. The SMILES string of the molecule is CO[C@@H](C)c1ncccc1-c1c2c3cc(ccc3n1CC(F)(F)F)-c1nc(cs1)C[C@H](NC(=O)C(C(C)C)N(C)C(=O)[C@H]1CCN(C(=O)C#CC(C)(C)N3CCC3)C1)C(=O)N1CCC[C@H](N1)C(=O)OCC(C)(C)C2. The first-order valence-corrected chi connectivity index (χ1v) is 26.4. The molecule has 398 valence electrons. The average molecular weight is 1040 g/mol. The van der Waals surface area contributed by atoms with Crippen molar-refractivity contribution in [1.82, 2.24) is 45.0 Å². The summed E-state index contributed by atoms with van der Waals surface area (Å²) >= 11 is 1.29. The Morgan fingerprint density at radius 1 is 1.07 bits per heavy atom. The van der Waals surface area contributed by atoms with E-state index < -0.39 is 77.5 Å². The van der Waals surface area contributed by atoms with E-state index in [9.17, 15) is 37.1 Å². The van der Waals surface area contributed by atoms with Crippen LogP contribution in [0.25, 0.3) is 32.7 Å². The zero-order valence-electron chi connectivity index (χ0n) is 43.7. The summed E-state index contributed by atoms with van der Waals surface area (Å²) in [6.45, 7) is 14.4. The number of benzene rings is 1. The molecule has 5 atom stereocenters. The summed E-state index contributed by atoms with van der Waals surface area (Å²) in [7, 11) is 3.08. The van der Waals surface area contributed by atoms with Crippen LogP contribution < -0.4 is 10.7 Å². The van der Waals surface area contributed by atoms with Crippen LogP contribution in [0, 0.1) is 29.1 Å². The average Bonchev–Trinajstić information content (AvgIpc) is 4.09. The maximum atomic E-state index is 14.7. The van der Waals surface area contributed by atoms with Gasteiger partial charge in [-0.3, -0.25) is 38.9 Å². The quantitative estimate of drug-likeness (QED) is 0.130. The van der Waals surface area contributed by atoms with Gasteiger partial charge in [-0.15, -0.1) is 11.3 Å². The number of alkyl halides is 3. The molecule has 20 heteroatoms. The van der Waals surface area contributed by atoms with Gasteiger partial charge in [0.2, 0.25) is 11.8 Å². The summed E-state index contributed by atoms with van der Waals surface area (Å²) in [5.41, 5.74) is 5.09. The second-order valence-corrected chi connectivity index (χ2v) is 22.6. The molecule has 0 saturated carbocycles. The molecule has 3 saturated heterocycles. The first-order valence-electron chi connectivity index (χ1n) is 25.5. The van der Waals surface area contributed by atoms with Crippen molar-refractivity contribution in [3.05, 3.63) is 58.9 Å². The molecule has 74 heavy (non-hydrogen) atoms. The van der Waals surface area contributed by atoms with Crippen molar-refractivity contribution in [3.63, 3.8) is 0 Å². The predicted molar refractivity (Wildman–Crippen MR) is 274 cm³/mol. The minimum absolute atomic E-state index is 0.0681. The van der Waals surface area contributed by atoms with Crippen molar-refractivity contribution in [3.8, 4) is 33.7 Å². The van der Waals surface area contributed by atoms with E-state index in [0.29, 0.717) is 75.5 Å². The standard InChI is InChI=1S/C54H68F3N9O7S/c1-32(2)45(62(8)49(69)35-18-24-63(28-35)43(67)17-19-53(6,7)64-21-12-22-64)47(68)60-41-26-36-29-74-48(59-36)34-15-16-42-38(25-34)39(27-52(4,5)31-73-51(71)40-14-11-23-66(61-40)50(41)70)46(65(42)30-54(55,56)57)37-13-10-20-58-44(37)33(3)72-9/h10,13,15-16,20,25,29,32-33,35,40-41,45,61H,11-12,14,18,21-24,26-28,30-31H2,1-9H3,(H,60,68)/t33-,35-,40-,41-,45?/m0/s1. The van der Waals surface area contributed by atoms with Crippen molar-refractivity contribution in [2.75, 3.05) is 53.5 Å². The Hall–Kier alpha value is -5.88. The molecule has 4 aromatic rings. The minimum atomic E-state index is -4.60. The third kappa shape index (κ3) is 11.8. The summed E-state index contributed by atoms with van der Waals surface area (Å²) < 4.78 is 57.0. The topological polar surface area (TPSA) is 172 Å². The Morgan fingerprint density at radius 3 is 2.51 bits per heavy atom. The number of nitrogens with one attached hydrogen (secondary N) is 2. The Labute approximate surface area is 434 Å². The Bertz CT molecular complexity index is 2850. The van der Waals surface area contributed by atoms with Gasteiger partial charge >= 0.3 is 12.1 Å². The number of hydrazine groups is 1. The number of hydrogen-bond donors (Lipinski definition) is 2. The van der Waals surface area contributed by atoms with Crippen molar-refractivity contribution < 1.29 is 46.6 Å². The number of methoxy groups -OCH3 is 1. The second kappa shape index (κ2) is 21.8. The van der Waals surface area contributed by atoms with Crippen LogP contribution in [0.4, 0.5) is 13.2 Å². The lowest BCUT2D eigenvalue weighted by atomic mass is 9.84. The molecule has 0 aliphatic carbocycles. The van der Waals surface area contributed by atoms with E-state index in [1.807, 2.05) is 47.6 Å². The van der Waals surface area contributed by atoms with E-state index in [4.69, 9.17) is 14.5 Å². The highest BCUT2D eigenvalue weighted by Gasteiger charge is 2.41. The van der Waals surface area contributed by atoms with Gasteiger partial charge in [0.25, 0.3) is 11.8 Å². The third-order valence-electron chi connectivity index (χ3n) is 14.8. The smallest absolute Gasteiger partial charge is 0.406 e. The number of likely N-dealkylation sites (tertiary alicyclic amines) is 2. The van der Waals surface area contributed by atoms with Crippen molar-refractivity contribution >= 4 is 51.8 Å². The van der Waals surface area contributed by atoms with Gasteiger partial charge in [0.05, 0.1) is 41.2 Å². The number of cyclic esters (lactones) is 1. The summed E-state index contributed by atoms with van der Waals surface area (Å²) in [5, 5.41) is 7.17. The zero-order valence-corrected chi connectivity index (χ0v) is 44.5. The van der Waals surface area contributed by atoms with Crippen LogP contribution in [0.15, 0.2) is 41.9 Å². The Balaban J connectivity index is 1.12. The number of pyridine rings is 1. The van der Waals surface area contributed by atoms with Gasteiger partial charge in [-0.1, -0.05) is 33.6 Å². The summed E-state index contributed by atoms with van der Waals surface area (Å²) in [5.74, 6) is 2.60. The molecular formula is C54H68F3N9O7S. The molecule has 3 aromatic heterocycles. The fourth-order valence-electron chi connectivity index (χ4n) is 10.6. The second-order valence-electron chi connectivity index (χ2n) is 21.8.